The molecule has 39 heavy (non-hydrogen) atoms. The summed E-state index contributed by atoms with van der Waals surface area (Å²) in [7, 11) is 1.67. The Hall–Kier alpha value is -1.37. The summed E-state index contributed by atoms with van der Waals surface area (Å²) in [6.07, 6.45) is 15.9. The summed E-state index contributed by atoms with van der Waals surface area (Å²) in [5, 5.41) is 2.21. The molecule has 2 fully saturated rings. The summed E-state index contributed by atoms with van der Waals surface area (Å²) in [4.78, 5) is 15.4. The highest BCUT2D eigenvalue weighted by atomic mass is 32.1. The van der Waals surface area contributed by atoms with Gasteiger partial charge in [-0.3, -0.25) is 4.79 Å². The molecule has 1 atom stereocenters. The van der Waals surface area contributed by atoms with Crippen LogP contribution < -0.4 is 4.74 Å². The van der Waals surface area contributed by atoms with Crippen LogP contribution in [0.1, 0.15) is 102 Å². The number of unbranched alkanes of at least 4 members (excludes halogenated alkanes) is 2. The molecule has 2 saturated carbocycles. The molecule has 0 spiro atoms. The van der Waals surface area contributed by atoms with Crippen LogP contribution in [0.4, 0.5) is 0 Å². The smallest absolute Gasteiger partial charge is 0.313 e. The Morgan fingerprint density at radius 3 is 2.05 bits per heavy atom. The molecule has 0 saturated heterocycles. The summed E-state index contributed by atoms with van der Waals surface area (Å²) in [5.74, 6) is 0.410. The number of hydrogen-bond donors (Lipinski definition) is 2. The van der Waals surface area contributed by atoms with E-state index in [1.807, 2.05) is 37.3 Å². The average Bonchev–Trinajstić information content (AvgIpc) is 2.94. The molecule has 2 aliphatic rings. The van der Waals surface area contributed by atoms with Gasteiger partial charge in [-0.1, -0.05) is 62.8 Å². The van der Waals surface area contributed by atoms with Gasteiger partial charge in [0.05, 0.1) is 19.6 Å². The van der Waals surface area contributed by atoms with Crippen LogP contribution in [-0.2, 0) is 9.53 Å². The molecule has 4 nitrogen and oxygen atoms in total. The fourth-order valence-electron chi connectivity index (χ4n) is 6.47. The maximum Gasteiger partial charge on any atom is 0.313 e. The molecule has 4 rings (SSSR count). The summed E-state index contributed by atoms with van der Waals surface area (Å²) in [5.41, 5.74) is 0.986. The third kappa shape index (κ3) is 9.06. The zero-order chi connectivity index (χ0) is 27.7. The maximum atomic E-state index is 12.8. The first-order valence-corrected chi connectivity index (χ1v) is 16.1. The predicted octanol–water partition coefficient (Wildman–Crippen LogP) is 8.23. The monoisotopic (exact) mass is 571 g/mol. The second-order valence-electron chi connectivity index (χ2n) is 12.2. The number of carbonyl (C=O) groups is 1. The average molecular weight is 572 g/mol. The number of methoxy groups -OCH3 is 1. The summed E-state index contributed by atoms with van der Waals surface area (Å²) in [6.45, 7) is 5.65. The Morgan fingerprint density at radius 2 is 1.44 bits per heavy atom. The van der Waals surface area contributed by atoms with Crippen LogP contribution in [0.3, 0.4) is 0 Å². The van der Waals surface area contributed by atoms with Crippen LogP contribution in [0, 0.1) is 0 Å². The Labute approximate surface area is 247 Å². The first-order chi connectivity index (χ1) is 18.8. The molecule has 0 unspecified atom stereocenters. The van der Waals surface area contributed by atoms with Crippen molar-refractivity contribution >= 4 is 42.0 Å². The van der Waals surface area contributed by atoms with Crippen molar-refractivity contribution in [2.45, 2.75) is 106 Å². The summed E-state index contributed by atoms with van der Waals surface area (Å²) in [6, 6.07) is 12.1. The van der Waals surface area contributed by atoms with Crippen LogP contribution in [0.2, 0.25) is 0 Å². The Bertz CT molecular complexity index is 1040. The van der Waals surface area contributed by atoms with E-state index < -0.39 is 0 Å². The molecular weight excluding hydrogens is 523 g/mol. The molecule has 0 aromatic heterocycles. The Kier molecular flexibility index (Phi) is 11.4. The van der Waals surface area contributed by atoms with Crippen molar-refractivity contribution in [1.29, 1.82) is 0 Å². The lowest BCUT2D eigenvalue weighted by Gasteiger charge is -2.42. The molecule has 0 heterocycles. The fourth-order valence-corrected chi connectivity index (χ4v) is 7.50. The van der Waals surface area contributed by atoms with Crippen molar-refractivity contribution in [1.82, 2.24) is 4.90 Å². The minimum atomic E-state index is -0.281. The second-order valence-corrected chi connectivity index (χ2v) is 14.1. The molecule has 0 amide bonds. The molecule has 216 valence electrons. The minimum Gasteiger partial charge on any atom is -0.497 e. The van der Waals surface area contributed by atoms with E-state index in [1.54, 1.807) is 7.11 Å². The van der Waals surface area contributed by atoms with Crippen molar-refractivity contribution < 1.29 is 14.3 Å². The first-order valence-electron chi connectivity index (χ1n) is 15.2. The van der Waals surface area contributed by atoms with Gasteiger partial charge in [0, 0.05) is 22.6 Å². The van der Waals surface area contributed by atoms with E-state index in [1.165, 1.54) is 64.2 Å². The van der Waals surface area contributed by atoms with Gasteiger partial charge in [0.25, 0.3) is 0 Å². The van der Waals surface area contributed by atoms with E-state index in [2.05, 4.69) is 11.0 Å². The van der Waals surface area contributed by atoms with Gasteiger partial charge in [-0.25, -0.2) is 0 Å². The number of rotatable bonds is 13. The number of nitrogens with zero attached hydrogens (tertiary/aromatic N) is 1. The lowest BCUT2D eigenvalue weighted by molar-refractivity contribution is -0.145. The van der Waals surface area contributed by atoms with Gasteiger partial charge < -0.3 is 14.4 Å². The molecule has 6 heteroatoms. The Balaban J connectivity index is 1.22. The number of benzene rings is 2. The molecule has 0 bridgehead atoms. The normalized spacial score (nSPS) is 19.6. The van der Waals surface area contributed by atoms with Gasteiger partial charge in [-0.15, -0.1) is 0 Å². The van der Waals surface area contributed by atoms with Crippen molar-refractivity contribution in [3.63, 3.8) is 0 Å². The number of thiol groups is 2. The fraction of sp³-hybridized carbons (Fsp3) is 0.667. The quantitative estimate of drug-likeness (QED) is 0.144. The van der Waals surface area contributed by atoms with E-state index >= 15 is 0 Å². The van der Waals surface area contributed by atoms with Gasteiger partial charge in [0.1, 0.15) is 5.75 Å². The zero-order valence-corrected chi connectivity index (χ0v) is 25.9. The predicted molar refractivity (Wildman–Crippen MR) is 170 cm³/mol. The number of carbonyl (C=O) groups excluding carboxylic acids is 1. The summed E-state index contributed by atoms with van der Waals surface area (Å²) < 4.78 is 11.3. The maximum absolute atomic E-state index is 12.8. The number of esters is 1. The van der Waals surface area contributed by atoms with Gasteiger partial charge in [-0.05, 0) is 86.9 Å². The molecule has 2 aromatic carbocycles. The van der Waals surface area contributed by atoms with Gasteiger partial charge >= 0.3 is 5.97 Å². The third-order valence-corrected chi connectivity index (χ3v) is 10.1. The lowest BCUT2D eigenvalue weighted by Crippen LogP contribution is -2.47. The van der Waals surface area contributed by atoms with Gasteiger partial charge in [-0.2, -0.15) is 25.3 Å². The van der Waals surface area contributed by atoms with Crippen LogP contribution >= 0.6 is 25.3 Å². The van der Waals surface area contributed by atoms with E-state index in [0.29, 0.717) is 6.61 Å². The number of hydrogen-bond acceptors (Lipinski definition) is 6. The third-order valence-electron chi connectivity index (χ3n) is 8.89. The topological polar surface area (TPSA) is 38.8 Å². The molecule has 0 aliphatic heterocycles. The van der Waals surface area contributed by atoms with Gasteiger partial charge in [0.15, 0.2) is 0 Å². The van der Waals surface area contributed by atoms with Crippen LogP contribution in [0.25, 0.3) is 10.8 Å². The molecular formula is C33H49NO3S2. The van der Waals surface area contributed by atoms with Crippen LogP contribution in [0.15, 0.2) is 36.4 Å². The highest BCUT2D eigenvalue weighted by Crippen LogP contribution is 2.38. The van der Waals surface area contributed by atoms with Crippen molar-refractivity contribution in [3.8, 4) is 5.75 Å². The number of fused-ring (bicyclic) bond motifs is 1. The molecule has 2 aromatic rings. The minimum absolute atomic E-state index is 0.145. The Morgan fingerprint density at radius 1 is 0.846 bits per heavy atom. The van der Waals surface area contributed by atoms with Crippen molar-refractivity contribution in [3.05, 3.63) is 42.0 Å². The van der Waals surface area contributed by atoms with Crippen LogP contribution in [0.5, 0.6) is 5.75 Å². The van der Waals surface area contributed by atoms with Crippen molar-refractivity contribution in [2.24, 2.45) is 0 Å². The molecule has 2 aliphatic carbocycles. The lowest BCUT2D eigenvalue weighted by atomic mass is 9.85. The van der Waals surface area contributed by atoms with Gasteiger partial charge in [0.2, 0.25) is 0 Å². The van der Waals surface area contributed by atoms with E-state index in [4.69, 9.17) is 34.7 Å². The second kappa shape index (κ2) is 14.5. The summed E-state index contributed by atoms with van der Waals surface area (Å²) >= 11 is 10.4. The van der Waals surface area contributed by atoms with E-state index in [0.717, 1.165) is 61.0 Å². The van der Waals surface area contributed by atoms with Crippen molar-refractivity contribution in [2.75, 3.05) is 33.4 Å². The van der Waals surface area contributed by atoms with E-state index in [9.17, 15) is 4.79 Å². The largest absolute Gasteiger partial charge is 0.497 e. The zero-order valence-electron chi connectivity index (χ0n) is 24.1. The number of ether oxygens (including phenoxy) is 2. The SMILES string of the molecule is COc1ccc2cc([C@H](C)C(=O)OCCCCCN(CC3(S)CCCCC3)CC3(S)CCCCC3)ccc2c1. The highest BCUT2D eigenvalue weighted by molar-refractivity contribution is 7.82. The van der Waals surface area contributed by atoms with Crippen LogP contribution in [-0.4, -0.2) is 53.7 Å². The van der Waals surface area contributed by atoms with E-state index in [-0.39, 0.29) is 21.4 Å². The first kappa shape index (κ1) is 30.6. The molecule has 0 radical (unpaired) electrons. The standard InChI is InChI=1S/C33H49NO3S2/c1-26(27-12-13-29-23-30(36-2)15-14-28(29)22-27)31(35)37-21-11-5-10-20-34(24-32(38)16-6-3-7-17-32)25-33(39)18-8-4-9-19-33/h12-15,22-23,26,38-39H,3-11,16-21,24-25H2,1-2H3/t26-/m0/s1. The highest BCUT2D eigenvalue weighted by Gasteiger charge is 2.35. The molecule has 0 N–H and O–H groups in total.